The summed E-state index contributed by atoms with van der Waals surface area (Å²) in [6, 6.07) is 0. The lowest BCUT2D eigenvalue weighted by Crippen LogP contribution is -2.36. The standard InChI is InChI=1S/C17H28N6O2.HI/c1-11-14(4)25-16(21-11)10-20-17(18-5)19-9-15-12(2)22-23(13(15)3)7-8-24-6;/h7-10H2,1-6H3,(H2,18,19,20);1H. The van der Waals surface area contributed by atoms with E-state index in [4.69, 9.17) is 9.15 Å². The first-order chi connectivity index (χ1) is 12.0. The number of methoxy groups -OCH3 is 1. The van der Waals surface area contributed by atoms with Crippen LogP contribution in [0.4, 0.5) is 0 Å². The Labute approximate surface area is 171 Å². The summed E-state index contributed by atoms with van der Waals surface area (Å²) < 4.78 is 12.7. The zero-order chi connectivity index (χ0) is 18.4. The van der Waals surface area contributed by atoms with E-state index in [0.717, 1.165) is 29.4 Å². The van der Waals surface area contributed by atoms with Gasteiger partial charge in [0.05, 0.1) is 31.1 Å². The van der Waals surface area contributed by atoms with Crippen molar-refractivity contribution in [2.45, 2.75) is 47.3 Å². The molecule has 2 N–H and O–H groups in total. The summed E-state index contributed by atoms with van der Waals surface area (Å²) >= 11 is 0. The fourth-order valence-electron chi connectivity index (χ4n) is 2.55. The molecule has 0 saturated carbocycles. The summed E-state index contributed by atoms with van der Waals surface area (Å²) in [5, 5.41) is 11.1. The van der Waals surface area contributed by atoms with E-state index >= 15 is 0 Å². The van der Waals surface area contributed by atoms with Gasteiger partial charge in [0.25, 0.3) is 0 Å². The summed E-state index contributed by atoms with van der Waals surface area (Å²) in [5.41, 5.74) is 4.23. The van der Waals surface area contributed by atoms with E-state index in [2.05, 4.69) is 32.6 Å². The van der Waals surface area contributed by atoms with Crippen molar-refractivity contribution in [1.82, 2.24) is 25.4 Å². The maximum absolute atomic E-state index is 5.57. The molecular weight excluding hydrogens is 447 g/mol. The SMILES string of the molecule is CN=C(NCc1nc(C)c(C)o1)NCc1c(C)nn(CCOC)c1C.I. The first-order valence-electron chi connectivity index (χ1n) is 8.35. The van der Waals surface area contributed by atoms with Gasteiger partial charge in [0.15, 0.2) is 5.96 Å². The van der Waals surface area contributed by atoms with Gasteiger partial charge >= 0.3 is 0 Å². The van der Waals surface area contributed by atoms with Crippen LogP contribution < -0.4 is 10.6 Å². The summed E-state index contributed by atoms with van der Waals surface area (Å²) in [5.74, 6) is 2.18. The van der Waals surface area contributed by atoms with Crippen LogP contribution in [-0.4, -0.2) is 41.5 Å². The van der Waals surface area contributed by atoms with Gasteiger partial charge in [-0.1, -0.05) is 0 Å². The number of hydrogen-bond acceptors (Lipinski definition) is 5. The largest absolute Gasteiger partial charge is 0.444 e. The molecule has 0 saturated heterocycles. The number of rotatable bonds is 7. The molecule has 0 amide bonds. The van der Waals surface area contributed by atoms with Gasteiger partial charge in [-0.2, -0.15) is 5.10 Å². The molecule has 2 aromatic heterocycles. The number of hydrogen-bond donors (Lipinski definition) is 2. The Morgan fingerprint density at radius 1 is 1.15 bits per heavy atom. The van der Waals surface area contributed by atoms with E-state index in [9.17, 15) is 0 Å². The molecule has 0 fully saturated rings. The van der Waals surface area contributed by atoms with Gasteiger partial charge in [0.2, 0.25) is 5.89 Å². The Kier molecular flexibility index (Phi) is 9.06. The molecule has 0 atom stereocenters. The van der Waals surface area contributed by atoms with Crippen LogP contribution in [0, 0.1) is 27.7 Å². The lowest BCUT2D eigenvalue weighted by atomic mass is 10.2. The third-order valence-corrected chi connectivity index (χ3v) is 4.17. The zero-order valence-electron chi connectivity index (χ0n) is 16.3. The third-order valence-electron chi connectivity index (χ3n) is 4.17. The van der Waals surface area contributed by atoms with Gasteiger partial charge in [0, 0.05) is 32.0 Å². The summed E-state index contributed by atoms with van der Waals surface area (Å²) in [6.45, 7) is 10.5. The second kappa shape index (κ2) is 10.5. The topological polar surface area (TPSA) is 89.5 Å². The third kappa shape index (κ3) is 5.70. The minimum atomic E-state index is 0. The van der Waals surface area contributed by atoms with Crippen molar-refractivity contribution in [2.24, 2.45) is 4.99 Å². The quantitative estimate of drug-likeness (QED) is 0.362. The second-order valence-electron chi connectivity index (χ2n) is 5.89. The summed E-state index contributed by atoms with van der Waals surface area (Å²) in [6.07, 6.45) is 0. The predicted octanol–water partition coefficient (Wildman–Crippen LogP) is 2.23. The van der Waals surface area contributed by atoms with Gasteiger partial charge in [0.1, 0.15) is 5.76 Å². The molecule has 2 heterocycles. The highest BCUT2D eigenvalue weighted by molar-refractivity contribution is 14.0. The van der Waals surface area contributed by atoms with E-state index in [1.54, 1.807) is 14.2 Å². The van der Waals surface area contributed by atoms with Crippen molar-refractivity contribution in [2.75, 3.05) is 20.8 Å². The van der Waals surface area contributed by atoms with Crippen LogP contribution in [0.15, 0.2) is 9.41 Å². The van der Waals surface area contributed by atoms with E-state index in [1.807, 2.05) is 25.5 Å². The van der Waals surface area contributed by atoms with Crippen molar-refractivity contribution in [3.8, 4) is 0 Å². The predicted molar refractivity (Wildman–Crippen MR) is 112 cm³/mol. The van der Waals surface area contributed by atoms with Gasteiger partial charge < -0.3 is 19.8 Å². The van der Waals surface area contributed by atoms with Crippen molar-refractivity contribution in [1.29, 1.82) is 0 Å². The van der Waals surface area contributed by atoms with E-state index in [-0.39, 0.29) is 24.0 Å². The molecule has 2 aromatic rings. The summed E-state index contributed by atoms with van der Waals surface area (Å²) in [7, 11) is 3.43. The number of halogens is 1. The Morgan fingerprint density at radius 2 is 1.85 bits per heavy atom. The number of aliphatic imine (C=N–C) groups is 1. The normalized spacial score (nSPS) is 11.4. The minimum absolute atomic E-state index is 0. The highest BCUT2D eigenvalue weighted by Gasteiger charge is 2.12. The number of nitrogens with one attached hydrogen (secondary N) is 2. The average molecular weight is 476 g/mol. The fraction of sp³-hybridized carbons (Fsp3) is 0.588. The zero-order valence-corrected chi connectivity index (χ0v) is 18.7. The molecule has 0 bridgehead atoms. The maximum atomic E-state index is 5.57. The molecule has 9 heteroatoms. The lowest BCUT2D eigenvalue weighted by Gasteiger charge is -2.11. The molecule has 8 nitrogen and oxygen atoms in total. The van der Waals surface area contributed by atoms with Gasteiger partial charge in [-0.3, -0.25) is 9.67 Å². The van der Waals surface area contributed by atoms with Crippen LogP contribution >= 0.6 is 24.0 Å². The van der Waals surface area contributed by atoms with Crippen molar-refractivity contribution in [3.05, 3.63) is 34.3 Å². The van der Waals surface area contributed by atoms with Crippen molar-refractivity contribution < 1.29 is 9.15 Å². The molecular formula is C17H29IN6O2. The van der Waals surface area contributed by atoms with Crippen molar-refractivity contribution in [3.63, 3.8) is 0 Å². The van der Waals surface area contributed by atoms with Crippen LogP contribution in [0.3, 0.4) is 0 Å². The van der Waals surface area contributed by atoms with Crippen LogP contribution in [-0.2, 0) is 24.4 Å². The summed E-state index contributed by atoms with van der Waals surface area (Å²) in [4.78, 5) is 8.60. The molecule has 0 radical (unpaired) electrons. The Balaban J connectivity index is 0.00000338. The second-order valence-corrected chi connectivity index (χ2v) is 5.89. The van der Waals surface area contributed by atoms with Crippen LogP contribution in [0.5, 0.6) is 0 Å². The Bertz CT molecular complexity index is 718. The first-order valence-corrected chi connectivity index (χ1v) is 8.35. The highest BCUT2D eigenvalue weighted by Crippen LogP contribution is 2.13. The molecule has 0 spiro atoms. The van der Waals surface area contributed by atoms with Gasteiger partial charge in [-0.15, -0.1) is 24.0 Å². The molecule has 26 heavy (non-hydrogen) atoms. The number of aromatic nitrogens is 3. The fourth-order valence-corrected chi connectivity index (χ4v) is 2.55. The van der Waals surface area contributed by atoms with E-state index in [1.165, 1.54) is 5.56 Å². The number of ether oxygens (including phenoxy) is 1. The van der Waals surface area contributed by atoms with E-state index < -0.39 is 0 Å². The molecule has 0 aromatic carbocycles. The van der Waals surface area contributed by atoms with Crippen LogP contribution in [0.25, 0.3) is 0 Å². The average Bonchev–Trinajstić information content (AvgIpc) is 3.05. The molecule has 0 aliphatic rings. The molecule has 0 unspecified atom stereocenters. The first kappa shape index (κ1) is 22.4. The highest BCUT2D eigenvalue weighted by atomic mass is 127. The molecule has 0 aliphatic heterocycles. The smallest absolute Gasteiger partial charge is 0.214 e. The molecule has 146 valence electrons. The van der Waals surface area contributed by atoms with Crippen LogP contribution in [0.1, 0.15) is 34.3 Å². The molecule has 2 rings (SSSR count). The molecule has 0 aliphatic carbocycles. The van der Waals surface area contributed by atoms with Gasteiger partial charge in [-0.05, 0) is 27.7 Å². The lowest BCUT2D eigenvalue weighted by molar-refractivity contribution is 0.182. The number of guanidine groups is 1. The van der Waals surface area contributed by atoms with Gasteiger partial charge in [-0.25, -0.2) is 4.98 Å². The number of aryl methyl sites for hydroxylation is 3. The number of nitrogens with zero attached hydrogens (tertiary/aromatic N) is 4. The van der Waals surface area contributed by atoms with E-state index in [0.29, 0.717) is 31.5 Å². The monoisotopic (exact) mass is 476 g/mol. The Hall–Kier alpha value is -1.62. The Morgan fingerprint density at radius 3 is 2.42 bits per heavy atom. The van der Waals surface area contributed by atoms with Crippen molar-refractivity contribution >= 4 is 29.9 Å². The van der Waals surface area contributed by atoms with Crippen LogP contribution in [0.2, 0.25) is 0 Å². The minimum Gasteiger partial charge on any atom is -0.444 e. The maximum Gasteiger partial charge on any atom is 0.214 e. The number of oxazole rings is 1.